The minimum Gasteiger partial charge on any atom is -0.504 e. The number of imide groups is 1. The highest BCUT2D eigenvalue weighted by atomic mass is 19.4. The fraction of sp³-hybridized carbons (Fsp3) is 0.200. The number of rotatable bonds is 4. The molecule has 2 aliphatic rings. The van der Waals surface area contributed by atoms with Crippen LogP contribution in [0.1, 0.15) is 17.2 Å². The van der Waals surface area contributed by atoms with Gasteiger partial charge >= 0.3 is 6.18 Å². The summed E-state index contributed by atoms with van der Waals surface area (Å²) < 4.78 is 46.2. The number of nitrogens with zero attached hydrogens (tertiary/aromatic N) is 2. The van der Waals surface area contributed by atoms with E-state index < -0.39 is 47.3 Å². The minimum atomic E-state index is -4.77. The van der Waals surface area contributed by atoms with Gasteiger partial charge < -0.3 is 9.84 Å². The molecule has 0 aromatic heterocycles. The van der Waals surface area contributed by atoms with E-state index in [4.69, 9.17) is 9.57 Å². The fourth-order valence-corrected chi connectivity index (χ4v) is 4.58. The van der Waals surface area contributed by atoms with E-state index in [1.54, 1.807) is 36.4 Å². The standard InChI is InChI=1S/C25H19F3N2O5/c1-34-19-13-14(11-12-18(19)31)21-20-22(35-30(21)15-7-3-2-4-8-15)24(33)29(23(20)32)17-10-6-5-9-16(17)25(26,27)28/h2-13,20-22,31H,1H3. The Morgan fingerprint density at radius 3 is 2.31 bits per heavy atom. The van der Waals surface area contributed by atoms with Gasteiger partial charge in [-0.1, -0.05) is 36.4 Å². The second-order valence-corrected chi connectivity index (χ2v) is 8.12. The van der Waals surface area contributed by atoms with Crippen molar-refractivity contribution in [2.45, 2.75) is 18.3 Å². The third kappa shape index (κ3) is 3.66. The summed E-state index contributed by atoms with van der Waals surface area (Å²) >= 11 is 0. The number of benzene rings is 3. The molecule has 7 nitrogen and oxygen atoms in total. The lowest BCUT2D eigenvalue weighted by molar-refractivity contribution is -0.137. The number of ether oxygens (including phenoxy) is 1. The first-order valence-corrected chi connectivity index (χ1v) is 10.6. The molecule has 3 unspecified atom stereocenters. The number of anilines is 2. The molecule has 0 spiro atoms. The third-order valence-electron chi connectivity index (χ3n) is 6.12. The molecule has 2 heterocycles. The lowest BCUT2D eigenvalue weighted by Crippen LogP contribution is -2.38. The zero-order valence-corrected chi connectivity index (χ0v) is 18.3. The van der Waals surface area contributed by atoms with Gasteiger partial charge in [-0.3, -0.25) is 14.4 Å². The van der Waals surface area contributed by atoms with Gasteiger partial charge in [-0.05, 0) is 42.0 Å². The van der Waals surface area contributed by atoms with Crippen LogP contribution in [0.3, 0.4) is 0 Å². The van der Waals surface area contributed by atoms with Gasteiger partial charge in [0.15, 0.2) is 17.6 Å². The number of carbonyl (C=O) groups excluding carboxylic acids is 2. The van der Waals surface area contributed by atoms with E-state index in [2.05, 4.69) is 0 Å². The normalized spacial score (nSPS) is 22.0. The summed E-state index contributed by atoms with van der Waals surface area (Å²) in [4.78, 5) is 33.4. The van der Waals surface area contributed by atoms with E-state index in [9.17, 15) is 27.9 Å². The molecule has 180 valence electrons. The second kappa shape index (κ2) is 8.31. The average molecular weight is 484 g/mol. The number of para-hydroxylation sites is 2. The van der Waals surface area contributed by atoms with Gasteiger partial charge in [0, 0.05) is 0 Å². The molecule has 5 rings (SSSR count). The number of hydroxylamine groups is 1. The molecule has 0 saturated carbocycles. The molecule has 2 saturated heterocycles. The molecule has 2 fully saturated rings. The van der Waals surface area contributed by atoms with Gasteiger partial charge in [0.25, 0.3) is 5.91 Å². The number of amides is 2. The summed E-state index contributed by atoms with van der Waals surface area (Å²) in [6, 6.07) is 16.7. The molecular formula is C25H19F3N2O5. The summed E-state index contributed by atoms with van der Waals surface area (Å²) in [7, 11) is 1.36. The quantitative estimate of drug-likeness (QED) is 0.551. The summed E-state index contributed by atoms with van der Waals surface area (Å²) in [5, 5.41) is 11.4. The molecule has 35 heavy (non-hydrogen) atoms. The SMILES string of the molecule is COc1cc(C2C3C(=O)N(c4ccccc4C(F)(F)F)C(=O)C3ON2c2ccccc2)ccc1O. The Morgan fingerprint density at radius 2 is 1.63 bits per heavy atom. The van der Waals surface area contributed by atoms with E-state index in [0.717, 1.165) is 12.1 Å². The van der Waals surface area contributed by atoms with Crippen molar-refractivity contribution in [3.63, 3.8) is 0 Å². The smallest absolute Gasteiger partial charge is 0.418 e. The van der Waals surface area contributed by atoms with E-state index in [1.807, 2.05) is 0 Å². The van der Waals surface area contributed by atoms with E-state index in [-0.39, 0.29) is 11.5 Å². The van der Waals surface area contributed by atoms with Gasteiger partial charge in [0.05, 0.1) is 30.1 Å². The molecule has 0 aliphatic carbocycles. The van der Waals surface area contributed by atoms with Crippen LogP contribution in [0.4, 0.5) is 24.5 Å². The van der Waals surface area contributed by atoms with Crippen LogP contribution in [0.5, 0.6) is 11.5 Å². The molecule has 1 N–H and O–H groups in total. The number of alkyl halides is 3. The van der Waals surface area contributed by atoms with E-state index >= 15 is 0 Å². The molecule has 10 heteroatoms. The van der Waals surface area contributed by atoms with Crippen LogP contribution in [-0.4, -0.2) is 30.1 Å². The number of methoxy groups -OCH3 is 1. The number of halogens is 3. The summed E-state index contributed by atoms with van der Waals surface area (Å²) in [5.41, 5.74) is -0.615. The molecule has 2 amide bonds. The maximum Gasteiger partial charge on any atom is 0.418 e. The second-order valence-electron chi connectivity index (χ2n) is 8.12. The van der Waals surface area contributed by atoms with Gasteiger partial charge in [-0.15, -0.1) is 0 Å². The minimum absolute atomic E-state index is 0.132. The van der Waals surface area contributed by atoms with Crippen molar-refractivity contribution < 1.29 is 37.4 Å². The van der Waals surface area contributed by atoms with Gasteiger partial charge in [0.2, 0.25) is 5.91 Å². The maximum absolute atomic E-state index is 13.7. The molecular weight excluding hydrogens is 465 g/mol. The van der Waals surface area contributed by atoms with Gasteiger partial charge in [-0.25, -0.2) is 9.96 Å². The van der Waals surface area contributed by atoms with Gasteiger partial charge in [0.1, 0.15) is 5.92 Å². The van der Waals surface area contributed by atoms with Gasteiger partial charge in [-0.2, -0.15) is 13.2 Å². The fourth-order valence-electron chi connectivity index (χ4n) is 4.58. The Kier molecular flexibility index (Phi) is 5.40. The largest absolute Gasteiger partial charge is 0.504 e. The predicted molar refractivity (Wildman–Crippen MR) is 119 cm³/mol. The molecule has 3 atom stereocenters. The van der Waals surface area contributed by atoms with Crippen LogP contribution in [0.15, 0.2) is 72.8 Å². The van der Waals surface area contributed by atoms with Crippen LogP contribution < -0.4 is 14.7 Å². The Hall–Kier alpha value is -4.05. The number of carbonyl (C=O) groups is 2. The predicted octanol–water partition coefficient (Wildman–Crippen LogP) is 4.47. The van der Waals surface area contributed by atoms with E-state index in [0.29, 0.717) is 16.2 Å². The number of aromatic hydroxyl groups is 1. The Balaban J connectivity index is 1.62. The number of phenols is 1. The van der Waals surface area contributed by atoms with Crippen LogP contribution >= 0.6 is 0 Å². The summed E-state index contributed by atoms with van der Waals surface area (Å²) in [6.45, 7) is 0. The van der Waals surface area contributed by atoms with Crippen LogP contribution in [0, 0.1) is 5.92 Å². The van der Waals surface area contributed by atoms with Crippen molar-refractivity contribution in [1.82, 2.24) is 0 Å². The highest BCUT2D eigenvalue weighted by Crippen LogP contribution is 2.49. The number of fused-ring (bicyclic) bond motifs is 1. The average Bonchev–Trinajstić information content (AvgIpc) is 3.35. The highest BCUT2D eigenvalue weighted by molar-refractivity contribution is 6.24. The first-order valence-electron chi connectivity index (χ1n) is 10.6. The van der Waals surface area contributed by atoms with Crippen LogP contribution in [0.2, 0.25) is 0 Å². The van der Waals surface area contributed by atoms with Crippen molar-refractivity contribution in [3.05, 3.63) is 83.9 Å². The monoisotopic (exact) mass is 484 g/mol. The molecule has 2 aliphatic heterocycles. The Morgan fingerprint density at radius 1 is 0.943 bits per heavy atom. The van der Waals surface area contributed by atoms with Crippen molar-refractivity contribution >= 4 is 23.2 Å². The third-order valence-corrected chi connectivity index (χ3v) is 6.12. The molecule has 3 aromatic rings. The molecule has 3 aromatic carbocycles. The van der Waals surface area contributed by atoms with Crippen LogP contribution in [0.25, 0.3) is 0 Å². The zero-order chi connectivity index (χ0) is 24.9. The highest BCUT2D eigenvalue weighted by Gasteiger charge is 2.61. The zero-order valence-electron chi connectivity index (χ0n) is 18.3. The number of hydrogen-bond acceptors (Lipinski definition) is 6. The molecule has 0 radical (unpaired) electrons. The number of phenolic OH excluding ortho intramolecular Hbond substituents is 1. The lowest BCUT2D eigenvalue weighted by Gasteiger charge is -2.29. The van der Waals surface area contributed by atoms with Crippen molar-refractivity contribution in [1.29, 1.82) is 0 Å². The first kappa shape index (κ1) is 22.7. The maximum atomic E-state index is 13.7. The van der Waals surface area contributed by atoms with Crippen molar-refractivity contribution in [2.24, 2.45) is 5.92 Å². The topological polar surface area (TPSA) is 79.3 Å². The number of hydrogen-bond donors (Lipinski definition) is 1. The summed E-state index contributed by atoms with van der Waals surface area (Å²) in [5.74, 6) is -2.83. The van der Waals surface area contributed by atoms with Crippen molar-refractivity contribution in [3.8, 4) is 11.5 Å². The van der Waals surface area contributed by atoms with Crippen LogP contribution in [-0.2, 0) is 20.6 Å². The Labute approximate surface area is 197 Å². The summed E-state index contributed by atoms with van der Waals surface area (Å²) in [6.07, 6.45) is -6.11. The molecule has 0 bridgehead atoms. The van der Waals surface area contributed by atoms with Crippen molar-refractivity contribution in [2.75, 3.05) is 17.1 Å². The Bertz CT molecular complexity index is 1300. The lowest BCUT2D eigenvalue weighted by atomic mass is 9.90. The first-order chi connectivity index (χ1) is 16.7. The van der Waals surface area contributed by atoms with E-state index in [1.165, 1.54) is 36.4 Å².